The van der Waals surface area contributed by atoms with E-state index in [9.17, 15) is 0 Å². The van der Waals surface area contributed by atoms with Crippen LogP contribution < -0.4 is 10.0 Å². The zero-order valence-electron chi connectivity index (χ0n) is 20.4. The predicted octanol–water partition coefficient (Wildman–Crippen LogP) is 4.61. The molecule has 0 radical (unpaired) electrons. The second-order valence-electron chi connectivity index (χ2n) is 7.71. The predicted molar refractivity (Wildman–Crippen MR) is 142 cm³/mol. The molecule has 2 aromatic rings. The van der Waals surface area contributed by atoms with Crippen LogP contribution in [0, 0.1) is 0 Å². The molecule has 3 rings (SSSR count). The molecule has 0 aliphatic heterocycles. The van der Waals surface area contributed by atoms with Gasteiger partial charge >= 0.3 is 0 Å². The van der Waals surface area contributed by atoms with Gasteiger partial charge in [0.15, 0.2) is 16.0 Å². The lowest BCUT2D eigenvalue weighted by Gasteiger charge is -2.21. The van der Waals surface area contributed by atoms with E-state index in [4.69, 9.17) is 13.0 Å². The first-order valence-electron chi connectivity index (χ1n) is 11.6. The van der Waals surface area contributed by atoms with Crippen LogP contribution in [-0.4, -0.2) is 49.4 Å². The fourth-order valence-corrected chi connectivity index (χ4v) is 3.88. The van der Waals surface area contributed by atoms with E-state index in [1.807, 2.05) is 0 Å². The Morgan fingerprint density at radius 3 is 1.91 bits per heavy atom. The summed E-state index contributed by atoms with van der Waals surface area (Å²) in [6.07, 6.45) is 11.2. The summed E-state index contributed by atoms with van der Waals surface area (Å²) in [6.45, 7) is 12.9. The molecule has 0 bridgehead atoms. The third-order valence-electron chi connectivity index (χ3n) is 5.61. The molecular weight excluding hydrogens is 446 g/mol. The summed E-state index contributed by atoms with van der Waals surface area (Å²) in [6, 6.07) is 17.6. The average molecular weight is 482 g/mol. The second-order valence-corrected chi connectivity index (χ2v) is 8.69. The van der Waals surface area contributed by atoms with E-state index < -0.39 is 10.3 Å². The Bertz CT molecular complexity index is 1140. The van der Waals surface area contributed by atoms with Crippen LogP contribution >= 0.6 is 0 Å². The summed E-state index contributed by atoms with van der Waals surface area (Å²) < 4.78 is 28.9. The van der Waals surface area contributed by atoms with Crippen molar-refractivity contribution >= 4 is 27.8 Å². The third kappa shape index (κ3) is 8.41. The largest absolute Gasteiger partial charge is 0.736 e. The lowest BCUT2D eigenvalue weighted by molar-refractivity contribution is -0.519. The van der Waals surface area contributed by atoms with Crippen molar-refractivity contribution in [3.63, 3.8) is 0 Å². The minimum atomic E-state index is -4.42. The van der Waals surface area contributed by atoms with Crippen molar-refractivity contribution in [2.45, 2.75) is 27.7 Å². The van der Waals surface area contributed by atoms with E-state index in [0.29, 0.717) is 0 Å². The molecule has 0 fully saturated rings. The van der Waals surface area contributed by atoms with Gasteiger partial charge in [0.2, 0.25) is 0 Å². The number of hydrogen-bond acceptors (Lipinski definition) is 4. The van der Waals surface area contributed by atoms with Gasteiger partial charge in [0.1, 0.15) is 13.1 Å². The lowest BCUT2D eigenvalue weighted by atomic mass is 9.96. The van der Waals surface area contributed by atoms with Crippen molar-refractivity contribution in [1.29, 1.82) is 0 Å². The van der Waals surface area contributed by atoms with Crippen molar-refractivity contribution in [3.05, 3.63) is 84.0 Å². The van der Waals surface area contributed by atoms with Gasteiger partial charge in [0.25, 0.3) is 0 Å². The second kappa shape index (κ2) is 13.0. The van der Waals surface area contributed by atoms with Gasteiger partial charge in [-0.25, -0.2) is 18.1 Å². The maximum Gasteiger partial charge on any atom is 0.199 e. The summed E-state index contributed by atoms with van der Waals surface area (Å²) in [5.41, 5.74) is 7.57. The lowest BCUT2D eigenvalue weighted by Crippen LogP contribution is -2.21. The molecular formula is C27H35N3O3S. The van der Waals surface area contributed by atoms with E-state index in [2.05, 4.69) is 121 Å². The highest BCUT2D eigenvalue weighted by Gasteiger charge is 2.10. The van der Waals surface area contributed by atoms with Crippen LogP contribution in [0.4, 0.5) is 5.69 Å². The fourth-order valence-electron chi connectivity index (χ4n) is 3.88. The van der Waals surface area contributed by atoms with Crippen LogP contribution in [0.3, 0.4) is 0 Å². The molecule has 2 N–H and O–H groups in total. The topological polar surface area (TPSA) is 89.5 Å². The van der Waals surface area contributed by atoms with Gasteiger partial charge in [-0.15, -0.1) is 0 Å². The minimum Gasteiger partial charge on any atom is -0.736 e. The maximum atomic E-state index is 8.85. The Kier molecular flexibility index (Phi) is 10.4. The quantitative estimate of drug-likeness (QED) is 0.462. The summed E-state index contributed by atoms with van der Waals surface area (Å²) in [4.78, 5) is 2.37. The highest BCUT2D eigenvalue weighted by Crippen LogP contribution is 2.28. The zero-order valence-corrected chi connectivity index (χ0v) is 21.3. The molecule has 0 amide bonds. The Balaban J connectivity index is 0.000000739. The molecule has 0 aromatic heterocycles. The molecule has 7 heteroatoms. The van der Waals surface area contributed by atoms with Crippen molar-refractivity contribution in [3.8, 4) is 11.1 Å². The van der Waals surface area contributed by atoms with Crippen molar-refractivity contribution in [2.75, 3.05) is 31.1 Å². The molecule has 6 nitrogen and oxygen atoms in total. The molecule has 182 valence electrons. The first kappa shape index (κ1) is 27.2. The molecule has 0 heterocycles. The summed E-state index contributed by atoms with van der Waals surface area (Å²) in [5, 5.41) is 3.77. The minimum absolute atomic E-state index is 1.03. The van der Waals surface area contributed by atoms with Gasteiger partial charge in [0, 0.05) is 30.9 Å². The van der Waals surface area contributed by atoms with Crippen LogP contribution in [0.25, 0.3) is 17.2 Å². The number of anilines is 1. The molecule has 0 atom stereocenters. The number of allylic oxidation sites excluding steroid dienone is 5. The Labute approximate surface area is 204 Å². The smallest absolute Gasteiger partial charge is 0.199 e. The number of rotatable bonds is 7. The molecule has 0 spiro atoms. The molecule has 0 unspecified atom stereocenters. The van der Waals surface area contributed by atoms with Crippen molar-refractivity contribution in [1.82, 2.24) is 0 Å². The third-order valence-corrected chi connectivity index (χ3v) is 5.61. The maximum absolute atomic E-state index is 8.85. The summed E-state index contributed by atoms with van der Waals surface area (Å²) >= 11 is 0. The first-order chi connectivity index (χ1) is 16.2. The number of nitrogens with zero attached hydrogens (tertiary/aromatic N) is 2. The van der Waals surface area contributed by atoms with Gasteiger partial charge in [0.05, 0.1) is 0 Å². The molecule has 1 aliphatic rings. The first-order valence-corrected chi connectivity index (χ1v) is 13.0. The fraction of sp³-hybridized carbons (Fsp3) is 0.296. The van der Waals surface area contributed by atoms with Gasteiger partial charge < -0.3 is 9.45 Å². The van der Waals surface area contributed by atoms with Gasteiger partial charge in [-0.3, -0.25) is 0 Å². The zero-order chi connectivity index (χ0) is 25.1. The highest BCUT2D eigenvalue weighted by molar-refractivity contribution is 7.83. The van der Waals surface area contributed by atoms with Crippen LogP contribution in [0.15, 0.2) is 78.4 Å². The Morgan fingerprint density at radius 1 is 0.882 bits per heavy atom. The number of hydrogen-bond donors (Lipinski definition) is 1. The van der Waals surface area contributed by atoms with Gasteiger partial charge in [-0.2, -0.15) is 0 Å². The van der Waals surface area contributed by atoms with Gasteiger partial charge in [-0.05, 0) is 80.3 Å². The van der Waals surface area contributed by atoms with Gasteiger partial charge in [-0.1, -0.05) is 36.4 Å². The van der Waals surface area contributed by atoms with Crippen LogP contribution in [-0.2, 0) is 10.3 Å². The van der Waals surface area contributed by atoms with Crippen LogP contribution in [0.2, 0.25) is 0 Å². The molecule has 34 heavy (non-hydrogen) atoms. The summed E-state index contributed by atoms with van der Waals surface area (Å²) in [5.74, 6) is 0. The molecule has 0 saturated carbocycles. The van der Waals surface area contributed by atoms with Crippen LogP contribution in [0.5, 0.6) is 0 Å². The average Bonchev–Trinajstić information content (AvgIpc) is 2.82. The molecule has 2 aromatic carbocycles. The molecule has 0 saturated heterocycles. The Morgan fingerprint density at radius 2 is 1.41 bits per heavy atom. The Hall–Kier alpha value is -3.00. The van der Waals surface area contributed by atoms with Crippen molar-refractivity contribution < 1.29 is 17.5 Å². The van der Waals surface area contributed by atoms with E-state index in [1.54, 1.807) is 0 Å². The SMILES string of the molecule is CCN(CC)c1ccc(-c2ccccc2C=C2C=CC(=[N+](CC)CC)C=C2)cc1.NS(=O)(=O)[O-]. The van der Waals surface area contributed by atoms with E-state index in [1.165, 1.54) is 33.7 Å². The van der Waals surface area contributed by atoms with Crippen LogP contribution in [0.1, 0.15) is 33.3 Å². The summed E-state index contributed by atoms with van der Waals surface area (Å²) in [7, 11) is -4.42. The highest BCUT2D eigenvalue weighted by atomic mass is 32.2. The number of nitrogens with two attached hydrogens (primary N) is 1. The standard InChI is InChI=1S/C27H33N2.H3NO3S/c1-5-28(6-2)25-17-13-22(14-18-25)21-24-11-9-10-12-27(24)23-15-19-26(20-16-23)29(7-3)8-4;1-5(2,3)4/h9-21H,5-8H2,1-4H3;(H3,1,2,3,4)/q+1;/p-1. The number of benzene rings is 2. The normalized spacial score (nSPS) is 12.8. The van der Waals surface area contributed by atoms with Crippen molar-refractivity contribution in [2.24, 2.45) is 5.14 Å². The van der Waals surface area contributed by atoms with E-state index >= 15 is 0 Å². The van der Waals surface area contributed by atoms with E-state index in [0.717, 1.165) is 26.2 Å². The monoisotopic (exact) mass is 481 g/mol. The molecule has 1 aliphatic carbocycles. The van der Waals surface area contributed by atoms with E-state index in [-0.39, 0.29) is 0 Å².